The van der Waals surface area contributed by atoms with Crippen LogP contribution in [-0.4, -0.2) is 33.8 Å². The van der Waals surface area contributed by atoms with E-state index in [-0.39, 0.29) is 20.9 Å². The first-order valence-corrected chi connectivity index (χ1v) is 9.85. The largest absolute Gasteiger partial charge is 0.611 e. The van der Waals surface area contributed by atoms with E-state index in [0.29, 0.717) is 10.6 Å². The van der Waals surface area contributed by atoms with Crippen molar-refractivity contribution >= 4 is 22.5 Å². The topological polar surface area (TPSA) is 40.3 Å². The summed E-state index contributed by atoms with van der Waals surface area (Å²) in [5.74, 6) is -2.49. The molecule has 0 spiro atoms. The van der Waals surface area contributed by atoms with Crippen LogP contribution in [0, 0.1) is 26.6 Å². The summed E-state index contributed by atoms with van der Waals surface area (Å²) in [6.07, 6.45) is -9.27. The number of rotatable bonds is 4. The first-order chi connectivity index (χ1) is 12.7. The molecule has 3 nitrogen and oxygen atoms in total. The summed E-state index contributed by atoms with van der Waals surface area (Å²) >= 11 is -1.61. The molecule has 0 radical (unpaired) electrons. The second-order valence-electron chi connectivity index (χ2n) is 5.97. The fourth-order valence-electron chi connectivity index (χ4n) is 2.39. The van der Waals surface area contributed by atoms with Gasteiger partial charge in [0, 0.05) is 22.2 Å². The predicted molar refractivity (Wildman–Crippen MR) is 91.6 cm³/mol. The van der Waals surface area contributed by atoms with Gasteiger partial charge in [0.1, 0.15) is 12.4 Å². The molecule has 2 rings (SSSR count). The van der Waals surface area contributed by atoms with Gasteiger partial charge in [-0.1, -0.05) is 0 Å². The maximum absolute atomic E-state index is 14.6. The maximum atomic E-state index is 14.6. The van der Waals surface area contributed by atoms with E-state index in [1.54, 1.807) is 6.92 Å². The quantitative estimate of drug-likeness (QED) is 0.492. The molecule has 1 unspecified atom stereocenters. The number of alkyl halides is 6. The first kappa shape index (κ1) is 22.8. The van der Waals surface area contributed by atoms with Gasteiger partial charge < -0.3 is 4.55 Å². The lowest BCUT2D eigenvalue weighted by molar-refractivity contribution is -0.118. The van der Waals surface area contributed by atoms with E-state index >= 15 is 0 Å². The Balaban J connectivity index is 2.64. The molecule has 1 atom stereocenters. The third-order valence-corrected chi connectivity index (χ3v) is 6.32. The Hall–Kier alpha value is -1.53. The zero-order valence-electron chi connectivity index (χ0n) is 14.8. The Morgan fingerprint density at radius 1 is 1.07 bits per heavy atom. The second-order valence-corrected chi connectivity index (χ2v) is 8.57. The molecule has 1 aromatic carbocycles. The lowest BCUT2D eigenvalue weighted by Crippen LogP contribution is -2.24. The van der Waals surface area contributed by atoms with Gasteiger partial charge in [-0.05, 0) is 38.0 Å². The molecule has 28 heavy (non-hydrogen) atoms. The van der Waals surface area contributed by atoms with Crippen molar-refractivity contribution < 1.29 is 35.3 Å². The summed E-state index contributed by atoms with van der Waals surface area (Å²) in [6.45, 7) is 2.93. The predicted octanol–water partition coefficient (Wildman–Crippen LogP) is 4.74. The molecule has 1 heterocycles. The SMILES string of the molecule is Cc1cc(F)c(-n2c(C)c(C)s/c2=N/CC(F)(F)F)cc1[S+]([O-])CC(F)(F)F. The molecule has 156 valence electrons. The Bertz CT molecular complexity index is 929. The van der Waals surface area contributed by atoms with Crippen LogP contribution in [0.3, 0.4) is 0 Å². The van der Waals surface area contributed by atoms with E-state index in [0.717, 1.165) is 28.0 Å². The highest BCUT2D eigenvalue weighted by molar-refractivity contribution is 7.91. The van der Waals surface area contributed by atoms with E-state index in [1.165, 1.54) is 13.8 Å². The molecule has 0 N–H and O–H groups in total. The number of nitrogens with zero attached hydrogens (tertiary/aromatic N) is 2. The zero-order valence-corrected chi connectivity index (χ0v) is 16.5. The van der Waals surface area contributed by atoms with Crippen LogP contribution in [0.15, 0.2) is 22.0 Å². The molecule has 0 aliphatic rings. The maximum Gasteiger partial charge on any atom is 0.433 e. The van der Waals surface area contributed by atoms with Crippen LogP contribution in [0.2, 0.25) is 0 Å². The van der Waals surface area contributed by atoms with Gasteiger partial charge in [0.15, 0.2) is 9.70 Å². The lowest BCUT2D eigenvalue weighted by Gasteiger charge is -2.17. The summed E-state index contributed by atoms with van der Waals surface area (Å²) in [6, 6.07) is 1.88. The van der Waals surface area contributed by atoms with Crippen LogP contribution in [0.25, 0.3) is 5.69 Å². The lowest BCUT2D eigenvalue weighted by atomic mass is 10.2. The van der Waals surface area contributed by atoms with Crippen LogP contribution in [0.5, 0.6) is 0 Å². The van der Waals surface area contributed by atoms with Crippen molar-refractivity contribution in [3.8, 4) is 5.69 Å². The van der Waals surface area contributed by atoms with Crippen molar-refractivity contribution in [3.05, 3.63) is 38.9 Å². The number of aromatic nitrogens is 1. The number of aryl methyl sites for hydroxylation is 2. The zero-order chi connectivity index (χ0) is 21.4. The molecule has 0 aliphatic carbocycles. The fourth-order valence-corrected chi connectivity index (χ4v) is 4.47. The van der Waals surface area contributed by atoms with E-state index in [2.05, 4.69) is 4.99 Å². The van der Waals surface area contributed by atoms with E-state index in [4.69, 9.17) is 0 Å². The highest BCUT2D eigenvalue weighted by atomic mass is 32.2. The number of hydrogen-bond donors (Lipinski definition) is 0. The van der Waals surface area contributed by atoms with Gasteiger partial charge >= 0.3 is 12.4 Å². The van der Waals surface area contributed by atoms with Gasteiger partial charge in [0.25, 0.3) is 0 Å². The molecular formula is C16H15F7N2OS2. The summed E-state index contributed by atoms with van der Waals surface area (Å²) < 4.78 is 103. The number of thiazole rings is 1. The van der Waals surface area contributed by atoms with Crippen molar-refractivity contribution in [1.29, 1.82) is 0 Å². The molecule has 0 bridgehead atoms. The Morgan fingerprint density at radius 3 is 2.21 bits per heavy atom. The minimum absolute atomic E-state index is 0.0443. The summed E-state index contributed by atoms with van der Waals surface area (Å²) in [5.41, 5.74) is 0.114. The summed E-state index contributed by atoms with van der Waals surface area (Å²) in [4.78, 5) is 3.61. The van der Waals surface area contributed by atoms with E-state index in [9.17, 15) is 35.3 Å². The van der Waals surface area contributed by atoms with Crippen LogP contribution >= 0.6 is 11.3 Å². The van der Waals surface area contributed by atoms with Crippen LogP contribution in [0.4, 0.5) is 30.7 Å². The third-order valence-electron chi connectivity index (χ3n) is 3.70. The van der Waals surface area contributed by atoms with Crippen LogP contribution < -0.4 is 4.80 Å². The molecule has 2 aromatic rings. The van der Waals surface area contributed by atoms with Gasteiger partial charge in [-0.25, -0.2) is 9.38 Å². The van der Waals surface area contributed by atoms with Gasteiger partial charge in [0.2, 0.25) is 5.75 Å². The number of benzene rings is 1. The molecular weight excluding hydrogens is 433 g/mol. The number of hydrogen-bond acceptors (Lipinski definition) is 3. The van der Waals surface area contributed by atoms with Crippen LogP contribution in [0.1, 0.15) is 16.1 Å². The molecule has 1 aromatic heterocycles. The van der Waals surface area contributed by atoms with Crippen molar-refractivity contribution in [2.24, 2.45) is 4.99 Å². The smallest absolute Gasteiger partial charge is 0.433 e. The second kappa shape index (κ2) is 8.07. The van der Waals surface area contributed by atoms with E-state index in [1.807, 2.05) is 0 Å². The average molecular weight is 448 g/mol. The molecule has 0 aliphatic heterocycles. The van der Waals surface area contributed by atoms with Gasteiger partial charge in [-0.2, -0.15) is 26.3 Å². The Kier molecular flexibility index (Phi) is 6.56. The highest BCUT2D eigenvalue weighted by Crippen LogP contribution is 2.29. The standard InChI is InChI=1S/C16H15F7N2OS2/c1-8-4-11(17)12(5-13(8)28(26)7-16(21,22)23)25-9(2)10(3)27-14(25)24-6-15(18,19)20/h4-5H,6-7H2,1-3H3/b24-14+. The van der Waals surface area contributed by atoms with Crippen molar-refractivity contribution in [1.82, 2.24) is 4.57 Å². The van der Waals surface area contributed by atoms with E-state index < -0.39 is 41.6 Å². The van der Waals surface area contributed by atoms with Crippen molar-refractivity contribution in [3.63, 3.8) is 0 Å². The summed E-state index contributed by atoms with van der Waals surface area (Å²) in [7, 11) is 0. The minimum Gasteiger partial charge on any atom is -0.611 e. The normalized spacial score (nSPS) is 14.6. The molecule has 0 saturated carbocycles. The Morgan fingerprint density at radius 2 is 1.68 bits per heavy atom. The van der Waals surface area contributed by atoms with Crippen LogP contribution in [-0.2, 0) is 11.2 Å². The summed E-state index contributed by atoms with van der Waals surface area (Å²) in [5, 5.41) is 0. The molecule has 12 heteroatoms. The highest BCUT2D eigenvalue weighted by Gasteiger charge is 2.36. The molecule has 0 fully saturated rings. The average Bonchev–Trinajstić information content (AvgIpc) is 2.78. The van der Waals surface area contributed by atoms with Crippen molar-refractivity contribution in [2.75, 3.05) is 12.3 Å². The fraction of sp³-hybridized carbons (Fsp3) is 0.438. The van der Waals surface area contributed by atoms with Gasteiger partial charge in [-0.3, -0.25) is 4.57 Å². The number of halogens is 7. The van der Waals surface area contributed by atoms with Crippen molar-refractivity contribution in [2.45, 2.75) is 38.0 Å². The Labute approximate surface area is 162 Å². The third kappa shape index (κ3) is 5.51. The van der Waals surface area contributed by atoms with Gasteiger partial charge in [0.05, 0.1) is 5.69 Å². The monoisotopic (exact) mass is 448 g/mol. The molecule has 0 saturated heterocycles. The van der Waals surface area contributed by atoms with Gasteiger partial charge in [-0.15, -0.1) is 11.3 Å². The molecule has 0 amide bonds. The minimum atomic E-state index is -4.69. The first-order valence-electron chi connectivity index (χ1n) is 7.71.